The molecule has 0 aromatic heterocycles. The van der Waals surface area contributed by atoms with E-state index in [1.807, 2.05) is 0 Å². The predicted octanol–water partition coefficient (Wildman–Crippen LogP) is 3.63. The molecule has 0 rings (SSSR count). The summed E-state index contributed by atoms with van der Waals surface area (Å²) in [5.74, 6) is 0.596. The molecule has 0 N–H and O–H groups in total. The van der Waals surface area contributed by atoms with Crippen LogP contribution in [0.1, 0.15) is 53.9 Å². The first-order valence-electron chi connectivity index (χ1n) is 5.14. The van der Waals surface area contributed by atoms with E-state index in [4.69, 9.17) is 4.74 Å². The van der Waals surface area contributed by atoms with E-state index in [0.717, 1.165) is 6.61 Å². The van der Waals surface area contributed by atoms with Crippen molar-refractivity contribution in [2.45, 2.75) is 59.5 Å². The van der Waals surface area contributed by atoms with E-state index >= 15 is 0 Å². The molecule has 74 valence electrons. The zero-order valence-corrected chi connectivity index (χ0v) is 9.31. The molecule has 0 aliphatic rings. The first kappa shape index (κ1) is 12.0. The van der Waals surface area contributed by atoms with Gasteiger partial charge in [0.2, 0.25) is 0 Å². The summed E-state index contributed by atoms with van der Waals surface area (Å²) in [6, 6.07) is 0. The number of unbranched alkanes of at least 4 members (excludes halogenated alkanes) is 2. The van der Waals surface area contributed by atoms with Crippen LogP contribution in [0.5, 0.6) is 0 Å². The van der Waals surface area contributed by atoms with E-state index in [1.165, 1.54) is 19.3 Å². The Labute approximate surface area is 77.5 Å². The Morgan fingerprint density at radius 1 is 1.17 bits per heavy atom. The molecule has 1 heteroatoms. The van der Waals surface area contributed by atoms with Crippen LogP contribution in [-0.2, 0) is 4.74 Å². The highest BCUT2D eigenvalue weighted by atomic mass is 16.5. The van der Waals surface area contributed by atoms with Crippen LogP contribution in [0.3, 0.4) is 0 Å². The maximum Gasteiger partial charge on any atom is 0.0649 e. The topological polar surface area (TPSA) is 9.23 Å². The number of hydrogen-bond donors (Lipinski definition) is 0. The zero-order valence-electron chi connectivity index (χ0n) is 9.31. The fraction of sp³-hybridized carbons (Fsp3) is 1.00. The molecule has 0 bridgehead atoms. The van der Waals surface area contributed by atoms with Crippen LogP contribution in [0, 0.1) is 5.92 Å². The second-order valence-corrected chi connectivity index (χ2v) is 4.31. The van der Waals surface area contributed by atoms with Crippen LogP contribution in [0.25, 0.3) is 0 Å². The smallest absolute Gasteiger partial charge is 0.0649 e. The molecule has 0 radical (unpaired) electrons. The van der Waals surface area contributed by atoms with Gasteiger partial charge in [-0.1, -0.05) is 33.6 Å². The van der Waals surface area contributed by atoms with Crippen LogP contribution in [-0.4, -0.2) is 12.2 Å². The summed E-state index contributed by atoms with van der Waals surface area (Å²) in [6.45, 7) is 11.9. The van der Waals surface area contributed by atoms with Crippen molar-refractivity contribution in [1.82, 2.24) is 0 Å². The molecule has 1 nitrogen and oxygen atoms in total. The van der Waals surface area contributed by atoms with Gasteiger partial charge in [-0.3, -0.25) is 0 Å². The van der Waals surface area contributed by atoms with Gasteiger partial charge in [-0.05, 0) is 26.2 Å². The van der Waals surface area contributed by atoms with E-state index < -0.39 is 0 Å². The summed E-state index contributed by atoms with van der Waals surface area (Å²) in [4.78, 5) is 0. The summed E-state index contributed by atoms with van der Waals surface area (Å²) in [5, 5.41) is 0. The summed E-state index contributed by atoms with van der Waals surface area (Å²) in [6.07, 6.45) is 3.76. The van der Waals surface area contributed by atoms with E-state index in [0.29, 0.717) is 5.92 Å². The standard InChI is InChI=1S/C11H24O/c1-6-7-8-9-12-11(4,5)10(2)3/h10H,6-9H2,1-5H3. The van der Waals surface area contributed by atoms with Crippen LogP contribution < -0.4 is 0 Å². The Morgan fingerprint density at radius 2 is 1.75 bits per heavy atom. The minimum Gasteiger partial charge on any atom is -0.375 e. The van der Waals surface area contributed by atoms with Gasteiger partial charge in [0.1, 0.15) is 0 Å². The molecule has 0 spiro atoms. The molecule has 0 aromatic rings. The highest BCUT2D eigenvalue weighted by molar-refractivity contribution is 4.72. The molecule has 0 saturated heterocycles. The average Bonchev–Trinajstić information content (AvgIpc) is 1.98. The van der Waals surface area contributed by atoms with E-state index in [-0.39, 0.29) is 5.60 Å². The van der Waals surface area contributed by atoms with Gasteiger partial charge < -0.3 is 4.74 Å². The van der Waals surface area contributed by atoms with Crippen LogP contribution in [0.15, 0.2) is 0 Å². The maximum absolute atomic E-state index is 5.79. The van der Waals surface area contributed by atoms with Crippen molar-refractivity contribution in [3.05, 3.63) is 0 Å². The van der Waals surface area contributed by atoms with Gasteiger partial charge >= 0.3 is 0 Å². The highest BCUT2D eigenvalue weighted by Gasteiger charge is 2.22. The van der Waals surface area contributed by atoms with Gasteiger partial charge in [0, 0.05) is 6.61 Å². The molecule has 0 unspecified atom stereocenters. The Balaban J connectivity index is 3.47. The molecule has 0 amide bonds. The van der Waals surface area contributed by atoms with Crippen molar-refractivity contribution in [3.8, 4) is 0 Å². The normalized spacial score (nSPS) is 12.5. The zero-order chi connectivity index (χ0) is 9.61. The molecule has 0 fully saturated rings. The van der Waals surface area contributed by atoms with Crippen LogP contribution in [0.4, 0.5) is 0 Å². The van der Waals surface area contributed by atoms with Crippen molar-refractivity contribution < 1.29 is 4.74 Å². The number of hydrogen-bond acceptors (Lipinski definition) is 1. The minimum absolute atomic E-state index is 0.0493. The largest absolute Gasteiger partial charge is 0.375 e. The maximum atomic E-state index is 5.79. The second-order valence-electron chi connectivity index (χ2n) is 4.31. The average molecular weight is 172 g/mol. The lowest BCUT2D eigenvalue weighted by Gasteiger charge is -2.29. The lowest BCUT2D eigenvalue weighted by molar-refractivity contribution is -0.0514. The lowest BCUT2D eigenvalue weighted by atomic mass is 9.95. The van der Waals surface area contributed by atoms with Gasteiger partial charge in [0.15, 0.2) is 0 Å². The monoisotopic (exact) mass is 172 g/mol. The Bertz CT molecular complexity index is 106. The molecular weight excluding hydrogens is 148 g/mol. The van der Waals surface area contributed by atoms with Gasteiger partial charge in [-0.25, -0.2) is 0 Å². The molecule has 0 atom stereocenters. The third-order valence-corrected chi connectivity index (χ3v) is 2.61. The van der Waals surface area contributed by atoms with Gasteiger partial charge in [-0.2, -0.15) is 0 Å². The van der Waals surface area contributed by atoms with Gasteiger partial charge in [-0.15, -0.1) is 0 Å². The molecule has 0 heterocycles. The van der Waals surface area contributed by atoms with Crippen molar-refractivity contribution >= 4 is 0 Å². The van der Waals surface area contributed by atoms with Gasteiger partial charge in [0.05, 0.1) is 5.60 Å². The molecule has 0 saturated carbocycles. The first-order valence-corrected chi connectivity index (χ1v) is 5.14. The SMILES string of the molecule is CCCCCOC(C)(C)C(C)C. The van der Waals surface area contributed by atoms with Crippen LogP contribution in [0.2, 0.25) is 0 Å². The van der Waals surface area contributed by atoms with E-state index in [1.54, 1.807) is 0 Å². The summed E-state index contributed by atoms with van der Waals surface area (Å²) < 4.78 is 5.79. The molecular formula is C11H24O. The minimum atomic E-state index is 0.0493. The van der Waals surface area contributed by atoms with Gasteiger partial charge in [0.25, 0.3) is 0 Å². The van der Waals surface area contributed by atoms with Crippen molar-refractivity contribution in [2.24, 2.45) is 5.92 Å². The lowest BCUT2D eigenvalue weighted by Crippen LogP contribution is -2.31. The fourth-order valence-electron chi connectivity index (χ4n) is 0.854. The van der Waals surface area contributed by atoms with Crippen molar-refractivity contribution in [2.75, 3.05) is 6.61 Å². The van der Waals surface area contributed by atoms with Crippen LogP contribution >= 0.6 is 0 Å². The first-order chi connectivity index (χ1) is 5.50. The number of rotatable bonds is 6. The highest BCUT2D eigenvalue weighted by Crippen LogP contribution is 2.20. The Kier molecular flexibility index (Phi) is 5.56. The molecule has 0 aliphatic carbocycles. The Morgan fingerprint density at radius 3 is 2.17 bits per heavy atom. The molecule has 12 heavy (non-hydrogen) atoms. The quantitative estimate of drug-likeness (QED) is 0.556. The summed E-state index contributed by atoms with van der Waals surface area (Å²) in [7, 11) is 0. The summed E-state index contributed by atoms with van der Waals surface area (Å²) >= 11 is 0. The van der Waals surface area contributed by atoms with E-state index in [2.05, 4.69) is 34.6 Å². The second kappa shape index (κ2) is 5.58. The Hall–Kier alpha value is -0.0400. The third-order valence-electron chi connectivity index (χ3n) is 2.61. The third kappa shape index (κ3) is 4.76. The van der Waals surface area contributed by atoms with Crippen molar-refractivity contribution in [1.29, 1.82) is 0 Å². The molecule has 0 aromatic carbocycles. The van der Waals surface area contributed by atoms with Crippen molar-refractivity contribution in [3.63, 3.8) is 0 Å². The predicted molar refractivity (Wildman–Crippen MR) is 54.4 cm³/mol. The van der Waals surface area contributed by atoms with E-state index in [9.17, 15) is 0 Å². The summed E-state index contributed by atoms with van der Waals surface area (Å²) in [5.41, 5.74) is 0.0493. The number of ether oxygens (including phenoxy) is 1. The fourth-order valence-corrected chi connectivity index (χ4v) is 0.854. The molecule has 0 aliphatic heterocycles.